The summed E-state index contributed by atoms with van der Waals surface area (Å²) in [5, 5.41) is 3.60. The topological polar surface area (TPSA) is 12.0 Å². The summed E-state index contributed by atoms with van der Waals surface area (Å²) in [6, 6.07) is 0.599. The van der Waals surface area contributed by atoms with Crippen LogP contribution in [-0.2, 0) is 0 Å². The van der Waals surface area contributed by atoms with Gasteiger partial charge < -0.3 is 5.32 Å². The Kier molecular flexibility index (Phi) is 6.97. The fourth-order valence-corrected chi connectivity index (χ4v) is 1.76. The first-order valence-electron chi connectivity index (χ1n) is 5.53. The molecule has 1 N–H and O–H groups in total. The van der Waals surface area contributed by atoms with Gasteiger partial charge in [0, 0.05) is 6.04 Å². The Balaban J connectivity index is 4.12. The van der Waals surface area contributed by atoms with Gasteiger partial charge in [0.2, 0.25) is 0 Å². The number of hydrogen-bond acceptors (Lipinski definition) is 1. The molecule has 0 aliphatic heterocycles. The molecule has 0 aromatic rings. The SMILES string of the molecule is C=CC(CC)C(NCCC)C(C)C. The van der Waals surface area contributed by atoms with Crippen LogP contribution in [0.2, 0.25) is 0 Å². The van der Waals surface area contributed by atoms with Crippen LogP contribution in [0.15, 0.2) is 12.7 Å². The van der Waals surface area contributed by atoms with E-state index >= 15 is 0 Å². The smallest absolute Gasteiger partial charge is 0.0153 e. The van der Waals surface area contributed by atoms with Gasteiger partial charge in [-0.1, -0.05) is 33.8 Å². The van der Waals surface area contributed by atoms with Crippen molar-refractivity contribution in [1.82, 2.24) is 5.32 Å². The Morgan fingerprint density at radius 2 is 1.92 bits per heavy atom. The van der Waals surface area contributed by atoms with Gasteiger partial charge in [-0.05, 0) is 31.2 Å². The molecule has 78 valence electrons. The molecule has 0 amide bonds. The van der Waals surface area contributed by atoms with Crippen molar-refractivity contribution in [3.63, 3.8) is 0 Å². The van der Waals surface area contributed by atoms with Crippen molar-refractivity contribution in [2.24, 2.45) is 11.8 Å². The third-order valence-corrected chi connectivity index (χ3v) is 2.58. The van der Waals surface area contributed by atoms with Gasteiger partial charge in [-0.25, -0.2) is 0 Å². The fraction of sp³-hybridized carbons (Fsp3) is 0.833. The molecule has 0 bridgehead atoms. The van der Waals surface area contributed by atoms with E-state index < -0.39 is 0 Å². The quantitative estimate of drug-likeness (QED) is 0.598. The second kappa shape index (κ2) is 7.14. The molecule has 0 aromatic heterocycles. The molecule has 1 heteroatoms. The number of hydrogen-bond donors (Lipinski definition) is 1. The molecule has 2 unspecified atom stereocenters. The lowest BCUT2D eigenvalue weighted by Gasteiger charge is -2.28. The van der Waals surface area contributed by atoms with E-state index in [4.69, 9.17) is 0 Å². The second-order valence-corrected chi connectivity index (χ2v) is 4.03. The van der Waals surface area contributed by atoms with Gasteiger partial charge in [0.15, 0.2) is 0 Å². The first-order chi connectivity index (χ1) is 6.17. The van der Waals surface area contributed by atoms with Gasteiger partial charge >= 0.3 is 0 Å². The van der Waals surface area contributed by atoms with Crippen LogP contribution in [-0.4, -0.2) is 12.6 Å². The maximum Gasteiger partial charge on any atom is 0.0153 e. The zero-order chi connectivity index (χ0) is 10.3. The summed E-state index contributed by atoms with van der Waals surface area (Å²) in [6.45, 7) is 14.0. The molecule has 0 heterocycles. The van der Waals surface area contributed by atoms with Crippen molar-refractivity contribution in [1.29, 1.82) is 0 Å². The fourth-order valence-electron chi connectivity index (χ4n) is 1.76. The molecule has 1 nitrogen and oxygen atoms in total. The average molecular weight is 183 g/mol. The molecule has 0 aliphatic carbocycles. The number of nitrogens with one attached hydrogen (secondary N) is 1. The molecule has 13 heavy (non-hydrogen) atoms. The van der Waals surface area contributed by atoms with Crippen LogP contribution >= 0.6 is 0 Å². The molecule has 0 saturated carbocycles. The lowest BCUT2D eigenvalue weighted by molar-refractivity contribution is 0.317. The maximum atomic E-state index is 3.90. The standard InChI is InChI=1S/C12H25N/c1-6-9-13-12(10(4)5)11(7-2)8-3/h7,10-13H,2,6,8-9H2,1,3-5H3. The minimum atomic E-state index is 0.599. The largest absolute Gasteiger partial charge is 0.313 e. The average Bonchev–Trinajstić information content (AvgIpc) is 2.11. The highest BCUT2D eigenvalue weighted by Crippen LogP contribution is 2.17. The van der Waals surface area contributed by atoms with Crippen molar-refractivity contribution < 1.29 is 0 Å². The van der Waals surface area contributed by atoms with Crippen LogP contribution in [0, 0.1) is 11.8 Å². The van der Waals surface area contributed by atoms with Crippen LogP contribution in [0.1, 0.15) is 40.5 Å². The molecule has 0 rings (SSSR count). The monoisotopic (exact) mass is 183 g/mol. The normalized spacial score (nSPS) is 15.8. The van der Waals surface area contributed by atoms with Crippen LogP contribution in [0.5, 0.6) is 0 Å². The molecule has 0 saturated heterocycles. The summed E-state index contributed by atoms with van der Waals surface area (Å²) in [6.07, 6.45) is 4.48. The molecular formula is C12H25N. The first-order valence-corrected chi connectivity index (χ1v) is 5.53. The Hall–Kier alpha value is -0.300. The maximum absolute atomic E-state index is 3.90. The van der Waals surface area contributed by atoms with E-state index in [-0.39, 0.29) is 0 Å². The van der Waals surface area contributed by atoms with E-state index in [0.717, 1.165) is 6.54 Å². The van der Waals surface area contributed by atoms with Crippen LogP contribution in [0.4, 0.5) is 0 Å². The predicted octanol–water partition coefficient (Wildman–Crippen LogP) is 3.22. The van der Waals surface area contributed by atoms with Crippen LogP contribution < -0.4 is 5.32 Å². The van der Waals surface area contributed by atoms with Gasteiger partial charge in [0.1, 0.15) is 0 Å². The summed E-state index contributed by atoms with van der Waals surface area (Å²) >= 11 is 0. The molecule has 0 radical (unpaired) electrons. The predicted molar refractivity (Wildman–Crippen MR) is 60.9 cm³/mol. The van der Waals surface area contributed by atoms with E-state index in [0.29, 0.717) is 17.9 Å². The highest BCUT2D eigenvalue weighted by Gasteiger charge is 2.19. The molecule has 0 spiro atoms. The van der Waals surface area contributed by atoms with Crippen LogP contribution in [0.3, 0.4) is 0 Å². The molecular weight excluding hydrogens is 158 g/mol. The van der Waals surface area contributed by atoms with Gasteiger partial charge in [0.25, 0.3) is 0 Å². The lowest BCUT2D eigenvalue weighted by atomic mass is 9.88. The molecule has 2 atom stereocenters. The van der Waals surface area contributed by atoms with Crippen molar-refractivity contribution >= 4 is 0 Å². The van der Waals surface area contributed by atoms with Crippen molar-refractivity contribution in [3.8, 4) is 0 Å². The zero-order valence-corrected chi connectivity index (χ0v) is 9.64. The van der Waals surface area contributed by atoms with Gasteiger partial charge in [-0.15, -0.1) is 6.58 Å². The van der Waals surface area contributed by atoms with Gasteiger partial charge in [0.05, 0.1) is 0 Å². The minimum absolute atomic E-state index is 0.599. The molecule has 0 aliphatic rings. The Morgan fingerprint density at radius 3 is 2.23 bits per heavy atom. The summed E-state index contributed by atoms with van der Waals surface area (Å²) in [5.74, 6) is 1.31. The minimum Gasteiger partial charge on any atom is -0.313 e. The zero-order valence-electron chi connectivity index (χ0n) is 9.64. The third kappa shape index (κ3) is 4.47. The van der Waals surface area contributed by atoms with Crippen molar-refractivity contribution in [3.05, 3.63) is 12.7 Å². The van der Waals surface area contributed by atoms with Crippen LogP contribution in [0.25, 0.3) is 0 Å². The Bertz CT molecular complexity index is 129. The Labute approximate surface area is 83.6 Å². The third-order valence-electron chi connectivity index (χ3n) is 2.58. The van der Waals surface area contributed by atoms with Gasteiger partial charge in [-0.3, -0.25) is 0 Å². The first kappa shape index (κ1) is 12.7. The van der Waals surface area contributed by atoms with E-state index in [1.54, 1.807) is 0 Å². The van der Waals surface area contributed by atoms with E-state index in [9.17, 15) is 0 Å². The molecule has 0 aromatic carbocycles. The summed E-state index contributed by atoms with van der Waals surface area (Å²) in [7, 11) is 0. The molecule has 0 fully saturated rings. The second-order valence-electron chi connectivity index (χ2n) is 4.03. The highest BCUT2D eigenvalue weighted by atomic mass is 14.9. The summed E-state index contributed by atoms with van der Waals surface area (Å²) in [4.78, 5) is 0. The van der Waals surface area contributed by atoms with Crippen molar-refractivity contribution in [2.45, 2.75) is 46.6 Å². The number of rotatable bonds is 7. The highest BCUT2D eigenvalue weighted by molar-refractivity contribution is 4.89. The van der Waals surface area contributed by atoms with E-state index in [1.165, 1.54) is 12.8 Å². The van der Waals surface area contributed by atoms with E-state index in [2.05, 4.69) is 45.7 Å². The van der Waals surface area contributed by atoms with E-state index in [1.807, 2.05) is 0 Å². The van der Waals surface area contributed by atoms with Crippen molar-refractivity contribution in [2.75, 3.05) is 6.54 Å². The summed E-state index contributed by atoms with van der Waals surface area (Å²) < 4.78 is 0. The lowest BCUT2D eigenvalue weighted by Crippen LogP contribution is -2.39. The van der Waals surface area contributed by atoms with Gasteiger partial charge in [-0.2, -0.15) is 0 Å². The Morgan fingerprint density at radius 1 is 1.31 bits per heavy atom. The summed E-state index contributed by atoms with van der Waals surface area (Å²) in [5.41, 5.74) is 0.